The summed E-state index contributed by atoms with van der Waals surface area (Å²) >= 11 is 0. The van der Waals surface area contributed by atoms with Crippen molar-refractivity contribution in [2.24, 2.45) is 11.7 Å². The van der Waals surface area contributed by atoms with Crippen LogP contribution in [-0.4, -0.2) is 31.1 Å². The number of hydrogen-bond acceptors (Lipinski definition) is 4. The minimum atomic E-state index is -0.565. The molecule has 1 amide bonds. The Bertz CT molecular complexity index is 224. The number of esters is 1. The van der Waals surface area contributed by atoms with Gasteiger partial charge in [0.25, 0.3) is 0 Å². The molecule has 0 aromatic rings. The Hall–Kier alpha value is -0.810. The Balaban J connectivity index is 0. The van der Waals surface area contributed by atoms with Crippen LogP contribution in [0.4, 0.5) is 0 Å². The highest BCUT2D eigenvalue weighted by molar-refractivity contribution is 5.85. The Labute approximate surface area is 103 Å². The van der Waals surface area contributed by atoms with Gasteiger partial charge in [-0.3, -0.25) is 9.59 Å². The van der Waals surface area contributed by atoms with Gasteiger partial charge in [-0.15, -0.1) is 12.4 Å². The number of amides is 1. The van der Waals surface area contributed by atoms with E-state index >= 15 is 0 Å². The summed E-state index contributed by atoms with van der Waals surface area (Å²) in [4.78, 5) is 22.3. The lowest BCUT2D eigenvalue weighted by molar-refractivity contribution is -0.143. The fraction of sp³-hybridized carbons (Fsp3) is 0.800. The van der Waals surface area contributed by atoms with Crippen LogP contribution in [0.5, 0.6) is 0 Å². The molecule has 2 atom stereocenters. The highest BCUT2D eigenvalue weighted by atomic mass is 35.5. The molecule has 0 aromatic carbocycles. The van der Waals surface area contributed by atoms with Crippen molar-refractivity contribution in [1.82, 2.24) is 5.32 Å². The number of hydrogen-bond donors (Lipinski definition) is 2. The first kappa shape index (κ1) is 17.6. The molecule has 6 heteroatoms. The van der Waals surface area contributed by atoms with Gasteiger partial charge in [0.15, 0.2) is 0 Å². The topological polar surface area (TPSA) is 81.4 Å². The van der Waals surface area contributed by atoms with Crippen LogP contribution in [0.25, 0.3) is 0 Å². The van der Waals surface area contributed by atoms with Crippen molar-refractivity contribution in [3.05, 3.63) is 0 Å². The van der Waals surface area contributed by atoms with E-state index in [1.54, 1.807) is 6.92 Å². The molecule has 96 valence electrons. The molecule has 16 heavy (non-hydrogen) atoms. The first-order valence-electron chi connectivity index (χ1n) is 5.21. The molecular formula is C10H21ClN2O3. The predicted molar refractivity (Wildman–Crippen MR) is 64.3 cm³/mol. The number of nitrogens with one attached hydrogen (secondary N) is 1. The third kappa shape index (κ3) is 6.63. The monoisotopic (exact) mass is 252 g/mol. The van der Waals surface area contributed by atoms with E-state index < -0.39 is 12.0 Å². The maximum atomic E-state index is 11.4. The quantitative estimate of drug-likeness (QED) is 0.673. The molecule has 0 spiro atoms. The number of ether oxygens (including phenoxy) is 1. The Morgan fingerprint density at radius 3 is 2.38 bits per heavy atom. The molecular weight excluding hydrogens is 232 g/mol. The van der Waals surface area contributed by atoms with Crippen LogP contribution < -0.4 is 11.1 Å². The third-order valence-corrected chi connectivity index (χ3v) is 2.27. The van der Waals surface area contributed by atoms with Crippen molar-refractivity contribution in [2.45, 2.75) is 33.2 Å². The fourth-order valence-corrected chi connectivity index (χ4v) is 1.00. The Kier molecular flexibility index (Phi) is 10.3. The zero-order chi connectivity index (χ0) is 11.8. The fourth-order valence-electron chi connectivity index (χ4n) is 1.00. The summed E-state index contributed by atoms with van der Waals surface area (Å²) < 4.78 is 4.66. The van der Waals surface area contributed by atoms with Crippen molar-refractivity contribution >= 4 is 24.3 Å². The van der Waals surface area contributed by atoms with Gasteiger partial charge in [-0.25, -0.2) is 0 Å². The van der Waals surface area contributed by atoms with E-state index in [4.69, 9.17) is 5.73 Å². The van der Waals surface area contributed by atoms with E-state index in [-0.39, 0.29) is 30.8 Å². The molecule has 2 unspecified atom stereocenters. The van der Waals surface area contributed by atoms with Crippen molar-refractivity contribution in [3.8, 4) is 0 Å². The van der Waals surface area contributed by atoms with E-state index in [0.717, 1.165) is 6.42 Å². The summed E-state index contributed by atoms with van der Waals surface area (Å²) in [5.74, 6) is -0.646. The van der Waals surface area contributed by atoms with Crippen LogP contribution in [0.15, 0.2) is 0 Å². The van der Waals surface area contributed by atoms with Crippen LogP contribution in [0.2, 0.25) is 0 Å². The first-order chi connectivity index (χ1) is 7.02. The highest BCUT2D eigenvalue weighted by Gasteiger charge is 2.19. The Morgan fingerprint density at radius 1 is 1.38 bits per heavy atom. The number of carbonyl (C=O) groups excluding carboxylic acids is 2. The molecule has 0 saturated carbocycles. The van der Waals surface area contributed by atoms with E-state index in [1.165, 1.54) is 0 Å². The summed E-state index contributed by atoms with van der Waals surface area (Å²) in [7, 11) is 0. The van der Waals surface area contributed by atoms with Crippen molar-refractivity contribution < 1.29 is 14.3 Å². The molecule has 0 aliphatic carbocycles. The molecule has 0 radical (unpaired) electrons. The Morgan fingerprint density at radius 2 is 1.94 bits per heavy atom. The molecule has 0 fully saturated rings. The second-order valence-electron chi connectivity index (χ2n) is 3.43. The van der Waals surface area contributed by atoms with Crippen LogP contribution >= 0.6 is 12.4 Å². The van der Waals surface area contributed by atoms with Gasteiger partial charge in [-0.05, 0) is 12.8 Å². The van der Waals surface area contributed by atoms with Gasteiger partial charge < -0.3 is 15.8 Å². The SMILES string of the molecule is CCOC(=O)CNC(=O)C(N)C(C)CC.Cl. The van der Waals surface area contributed by atoms with Gasteiger partial charge in [0, 0.05) is 0 Å². The molecule has 3 N–H and O–H groups in total. The zero-order valence-corrected chi connectivity index (χ0v) is 10.8. The van der Waals surface area contributed by atoms with Gasteiger partial charge in [0.2, 0.25) is 5.91 Å². The molecule has 0 bridgehead atoms. The minimum absolute atomic E-state index is 0. The number of rotatable bonds is 6. The largest absolute Gasteiger partial charge is 0.465 e. The minimum Gasteiger partial charge on any atom is -0.465 e. The molecule has 0 saturated heterocycles. The van der Waals surface area contributed by atoms with Gasteiger partial charge in [0.1, 0.15) is 6.54 Å². The molecule has 0 aliphatic rings. The van der Waals surface area contributed by atoms with Gasteiger partial charge in [-0.2, -0.15) is 0 Å². The lowest BCUT2D eigenvalue weighted by atomic mass is 9.99. The molecule has 0 aliphatic heterocycles. The summed E-state index contributed by atoms with van der Waals surface area (Å²) in [6, 6.07) is -0.565. The predicted octanol–water partition coefficient (Wildman–Crippen LogP) is 0.461. The maximum Gasteiger partial charge on any atom is 0.325 e. The number of nitrogens with two attached hydrogens (primary N) is 1. The van der Waals surface area contributed by atoms with E-state index in [1.807, 2.05) is 13.8 Å². The lowest BCUT2D eigenvalue weighted by Crippen LogP contribution is -2.46. The summed E-state index contributed by atoms with van der Waals surface area (Å²) in [6.45, 7) is 5.77. The molecule has 0 heterocycles. The first-order valence-corrected chi connectivity index (χ1v) is 5.21. The van der Waals surface area contributed by atoms with Crippen LogP contribution in [0, 0.1) is 5.92 Å². The highest BCUT2D eigenvalue weighted by Crippen LogP contribution is 2.04. The van der Waals surface area contributed by atoms with Gasteiger partial charge in [0.05, 0.1) is 12.6 Å². The molecule has 0 aromatic heterocycles. The van der Waals surface area contributed by atoms with Gasteiger partial charge in [-0.1, -0.05) is 20.3 Å². The smallest absolute Gasteiger partial charge is 0.325 e. The third-order valence-electron chi connectivity index (χ3n) is 2.27. The second-order valence-corrected chi connectivity index (χ2v) is 3.43. The average molecular weight is 253 g/mol. The van der Waals surface area contributed by atoms with Gasteiger partial charge >= 0.3 is 5.97 Å². The standard InChI is InChI=1S/C10H20N2O3.ClH/c1-4-7(3)9(11)10(14)12-6-8(13)15-5-2;/h7,9H,4-6,11H2,1-3H3,(H,12,14);1H. The summed E-state index contributed by atoms with van der Waals surface area (Å²) in [5, 5.41) is 2.44. The van der Waals surface area contributed by atoms with Crippen molar-refractivity contribution in [3.63, 3.8) is 0 Å². The average Bonchev–Trinajstić information content (AvgIpc) is 2.24. The van der Waals surface area contributed by atoms with E-state index in [0.29, 0.717) is 6.61 Å². The van der Waals surface area contributed by atoms with Crippen molar-refractivity contribution in [2.75, 3.05) is 13.2 Å². The van der Waals surface area contributed by atoms with Crippen LogP contribution in [0.1, 0.15) is 27.2 Å². The van der Waals surface area contributed by atoms with Crippen LogP contribution in [0.3, 0.4) is 0 Å². The summed E-state index contributed by atoms with van der Waals surface area (Å²) in [6.07, 6.45) is 0.827. The van der Waals surface area contributed by atoms with E-state index in [2.05, 4.69) is 10.1 Å². The lowest BCUT2D eigenvalue weighted by Gasteiger charge is -2.17. The normalized spacial score (nSPS) is 13.2. The number of carbonyl (C=O) groups is 2. The van der Waals surface area contributed by atoms with E-state index in [9.17, 15) is 9.59 Å². The molecule has 5 nitrogen and oxygen atoms in total. The molecule has 0 rings (SSSR count). The van der Waals surface area contributed by atoms with Crippen molar-refractivity contribution in [1.29, 1.82) is 0 Å². The second kappa shape index (κ2) is 9.42. The zero-order valence-electron chi connectivity index (χ0n) is 9.99. The summed E-state index contributed by atoms with van der Waals surface area (Å²) in [5.41, 5.74) is 5.67. The maximum absolute atomic E-state index is 11.4. The van der Waals surface area contributed by atoms with Crippen LogP contribution in [-0.2, 0) is 14.3 Å². The number of halogens is 1.